The molecule has 0 aromatic heterocycles. The summed E-state index contributed by atoms with van der Waals surface area (Å²) in [5.41, 5.74) is 0. The smallest absolute Gasteiger partial charge is 0.462 e. The predicted molar refractivity (Wildman–Crippen MR) is 219 cm³/mol. The number of carbonyl (C=O) groups excluding carboxylic acids is 2. The topological polar surface area (TPSA) is 108 Å². The summed E-state index contributed by atoms with van der Waals surface area (Å²) in [6.45, 7) is 4.17. The van der Waals surface area contributed by atoms with Crippen molar-refractivity contribution >= 4 is 19.8 Å². The number of hydrogen-bond donors (Lipinski definition) is 1. The highest BCUT2D eigenvalue weighted by molar-refractivity contribution is 7.47. The number of phosphoric acid groups is 1. The molecule has 0 aliphatic carbocycles. The first-order chi connectivity index (χ1) is 25.5. The molecule has 0 heterocycles. The van der Waals surface area contributed by atoms with Gasteiger partial charge >= 0.3 is 19.8 Å². The van der Waals surface area contributed by atoms with Crippen LogP contribution in [0.2, 0.25) is 0 Å². The van der Waals surface area contributed by atoms with Crippen molar-refractivity contribution in [1.82, 2.24) is 0 Å². The second-order valence-electron chi connectivity index (χ2n) is 14.3. The van der Waals surface area contributed by atoms with Crippen LogP contribution >= 0.6 is 7.82 Å². The summed E-state index contributed by atoms with van der Waals surface area (Å²) >= 11 is 0. The van der Waals surface area contributed by atoms with Crippen LogP contribution in [0.4, 0.5) is 0 Å². The quantitative estimate of drug-likeness (QED) is 0.0223. The molecule has 0 aliphatic heterocycles. The Bertz CT molecular complexity index is 1140. The molecule has 0 spiro atoms. The van der Waals surface area contributed by atoms with E-state index in [1.165, 1.54) is 12.8 Å². The van der Waals surface area contributed by atoms with Gasteiger partial charge in [-0.15, -0.1) is 0 Å². The minimum atomic E-state index is -4.39. The van der Waals surface area contributed by atoms with Crippen LogP contribution < -0.4 is 0 Å². The van der Waals surface area contributed by atoms with Gasteiger partial charge in [-0.3, -0.25) is 18.6 Å². The van der Waals surface area contributed by atoms with Gasteiger partial charge in [0.1, 0.15) is 19.8 Å². The Hall–Kier alpha value is -2.55. The highest BCUT2D eigenvalue weighted by atomic mass is 31.2. The van der Waals surface area contributed by atoms with E-state index in [-0.39, 0.29) is 26.1 Å². The number of allylic oxidation sites excluding steroid dienone is 12. The number of nitrogens with zero attached hydrogens (tertiary/aromatic N) is 1. The molecular weight excluding hydrogens is 689 g/mol. The Morgan fingerprint density at radius 1 is 0.604 bits per heavy atom. The van der Waals surface area contributed by atoms with Crippen molar-refractivity contribution < 1.29 is 42.1 Å². The van der Waals surface area contributed by atoms with Crippen LogP contribution in [0, 0.1) is 0 Å². The Balaban J connectivity index is 4.53. The van der Waals surface area contributed by atoms with Crippen LogP contribution in [0.1, 0.15) is 136 Å². The van der Waals surface area contributed by atoms with Crippen molar-refractivity contribution in [2.45, 2.75) is 142 Å². The molecule has 1 N–H and O–H groups in total. The summed E-state index contributed by atoms with van der Waals surface area (Å²) in [6.07, 6.45) is 42.4. The molecule has 0 aromatic carbocycles. The lowest BCUT2D eigenvalue weighted by Crippen LogP contribution is -2.37. The SMILES string of the molecule is CC/C=C/C/C=C/C/C=C/C/C=C/CCCCC(=O)O[C@H](COC(=O)CCCCCCC/C=C/C/C=C/CCCC)COP(=O)(O)OCC[N+](C)(C)C. The number of phosphoric ester groups is 1. The second-order valence-corrected chi connectivity index (χ2v) is 15.7. The van der Waals surface area contributed by atoms with Gasteiger partial charge in [0.25, 0.3) is 0 Å². The maximum absolute atomic E-state index is 12.6. The summed E-state index contributed by atoms with van der Waals surface area (Å²) in [7, 11) is 1.43. The summed E-state index contributed by atoms with van der Waals surface area (Å²) < 4.78 is 34.1. The van der Waals surface area contributed by atoms with Crippen LogP contribution in [-0.4, -0.2) is 74.9 Å². The predicted octanol–water partition coefficient (Wildman–Crippen LogP) is 11.1. The van der Waals surface area contributed by atoms with E-state index in [1.54, 1.807) is 0 Å². The molecule has 0 bridgehead atoms. The third-order valence-electron chi connectivity index (χ3n) is 7.97. The molecule has 304 valence electrons. The van der Waals surface area contributed by atoms with E-state index >= 15 is 0 Å². The average Bonchev–Trinajstić information content (AvgIpc) is 3.10. The van der Waals surface area contributed by atoms with Gasteiger partial charge in [0.2, 0.25) is 0 Å². The zero-order valence-electron chi connectivity index (χ0n) is 34.0. The maximum atomic E-state index is 12.6. The van der Waals surface area contributed by atoms with Crippen molar-refractivity contribution in [2.75, 3.05) is 47.5 Å². The number of hydrogen-bond acceptors (Lipinski definition) is 7. The van der Waals surface area contributed by atoms with Gasteiger partial charge in [-0.2, -0.15) is 0 Å². The molecule has 0 fully saturated rings. The van der Waals surface area contributed by atoms with E-state index in [2.05, 4.69) is 86.8 Å². The Kier molecular flexibility index (Phi) is 33.5. The molecule has 0 aromatic rings. The van der Waals surface area contributed by atoms with Crippen molar-refractivity contribution in [3.8, 4) is 0 Å². The van der Waals surface area contributed by atoms with Crippen molar-refractivity contribution in [2.24, 2.45) is 0 Å². The third kappa shape index (κ3) is 39.0. The van der Waals surface area contributed by atoms with E-state index in [0.29, 0.717) is 23.9 Å². The van der Waals surface area contributed by atoms with Crippen LogP contribution in [0.5, 0.6) is 0 Å². The van der Waals surface area contributed by atoms with E-state index in [4.69, 9.17) is 18.5 Å². The molecule has 0 aliphatic rings. The van der Waals surface area contributed by atoms with Crippen LogP contribution in [-0.2, 0) is 32.7 Å². The van der Waals surface area contributed by atoms with Crippen LogP contribution in [0.15, 0.2) is 72.9 Å². The van der Waals surface area contributed by atoms with Crippen LogP contribution in [0.3, 0.4) is 0 Å². The number of ether oxygens (including phenoxy) is 2. The lowest BCUT2D eigenvalue weighted by molar-refractivity contribution is -0.870. The molecule has 0 amide bonds. The van der Waals surface area contributed by atoms with Crippen molar-refractivity contribution in [3.63, 3.8) is 0 Å². The number of rotatable bonds is 35. The second kappa shape index (κ2) is 35.2. The van der Waals surface area contributed by atoms with Gasteiger partial charge in [-0.25, -0.2) is 4.57 Å². The fraction of sp³-hybridized carbons (Fsp3) is 0.674. The van der Waals surface area contributed by atoms with Crippen molar-refractivity contribution in [3.05, 3.63) is 72.9 Å². The van der Waals surface area contributed by atoms with E-state index in [9.17, 15) is 19.0 Å². The number of quaternary nitrogens is 1. The largest absolute Gasteiger partial charge is 0.472 e. The molecule has 0 radical (unpaired) electrons. The molecule has 53 heavy (non-hydrogen) atoms. The fourth-order valence-corrected chi connectivity index (χ4v) is 5.52. The molecule has 0 saturated carbocycles. The van der Waals surface area contributed by atoms with Gasteiger partial charge < -0.3 is 18.9 Å². The van der Waals surface area contributed by atoms with Gasteiger partial charge in [0.05, 0.1) is 27.7 Å². The maximum Gasteiger partial charge on any atom is 0.472 e. The minimum Gasteiger partial charge on any atom is -0.462 e. The standard InChI is InChI=1S/C43H74NO8P/c1-6-8-10-12-14-16-18-20-22-24-26-28-30-32-34-36-43(46)52-41(40-51-53(47,48)50-38-37-44(3,4)5)39-49-42(45)35-33-31-29-27-25-23-21-19-17-15-13-11-9-7-2/h8,10,13-16,19-22,26,28,41H,6-7,9,11-12,17-18,23-25,27,29-40H2,1-5H3/p+1/b10-8+,15-13+,16-14+,21-19+,22-20+,28-26+/t41-/m1/s1. The lowest BCUT2D eigenvalue weighted by atomic mass is 10.1. The summed E-state index contributed by atoms with van der Waals surface area (Å²) in [5, 5.41) is 0. The Labute approximate surface area is 323 Å². The molecule has 2 atom stereocenters. The first-order valence-corrected chi connectivity index (χ1v) is 21.7. The summed E-state index contributed by atoms with van der Waals surface area (Å²) in [5.74, 6) is -0.873. The van der Waals surface area contributed by atoms with Gasteiger partial charge in [0, 0.05) is 12.8 Å². The number of carbonyl (C=O) groups is 2. The number of unbranched alkanes of at least 4 members (excludes halogenated alkanes) is 9. The monoisotopic (exact) mass is 765 g/mol. The van der Waals surface area contributed by atoms with Gasteiger partial charge in [-0.05, 0) is 77.0 Å². The van der Waals surface area contributed by atoms with Crippen LogP contribution in [0.25, 0.3) is 0 Å². The normalized spacial score (nSPS) is 14.5. The number of likely N-dealkylation sites (N-methyl/N-ethyl adjacent to an activating group) is 1. The molecule has 9 nitrogen and oxygen atoms in total. The van der Waals surface area contributed by atoms with E-state index < -0.39 is 32.5 Å². The number of esters is 2. The average molecular weight is 765 g/mol. The summed E-state index contributed by atoms with van der Waals surface area (Å²) in [6, 6.07) is 0. The molecular formula is C43H75NO8P+. The first-order valence-electron chi connectivity index (χ1n) is 20.2. The zero-order valence-corrected chi connectivity index (χ0v) is 34.9. The summed E-state index contributed by atoms with van der Waals surface area (Å²) in [4.78, 5) is 35.2. The Morgan fingerprint density at radius 3 is 1.64 bits per heavy atom. The van der Waals surface area contributed by atoms with Crippen molar-refractivity contribution in [1.29, 1.82) is 0 Å². The molecule has 1 unspecified atom stereocenters. The lowest BCUT2D eigenvalue weighted by Gasteiger charge is -2.24. The zero-order chi connectivity index (χ0) is 39.3. The highest BCUT2D eigenvalue weighted by Crippen LogP contribution is 2.43. The molecule has 0 saturated heterocycles. The third-order valence-corrected chi connectivity index (χ3v) is 8.95. The van der Waals surface area contributed by atoms with E-state index in [1.807, 2.05) is 21.1 Å². The van der Waals surface area contributed by atoms with Gasteiger partial charge in [0.15, 0.2) is 6.10 Å². The first kappa shape index (κ1) is 50.5. The van der Waals surface area contributed by atoms with Gasteiger partial charge in [-0.1, -0.05) is 119 Å². The fourth-order valence-electron chi connectivity index (χ4n) is 4.78. The minimum absolute atomic E-state index is 0.0173. The Morgan fingerprint density at radius 2 is 1.08 bits per heavy atom. The molecule has 0 rings (SSSR count). The van der Waals surface area contributed by atoms with E-state index in [0.717, 1.165) is 83.5 Å². The highest BCUT2D eigenvalue weighted by Gasteiger charge is 2.27. The molecule has 10 heteroatoms.